The van der Waals surface area contributed by atoms with Crippen LogP contribution < -0.4 is 23.8 Å². The van der Waals surface area contributed by atoms with Crippen LogP contribution in [0.5, 0.6) is 23.0 Å². The molecular formula is C26H25N3O7S. The van der Waals surface area contributed by atoms with Crippen LogP contribution in [-0.2, 0) is 16.0 Å². The van der Waals surface area contributed by atoms with Crippen LogP contribution in [-0.4, -0.2) is 54.4 Å². The van der Waals surface area contributed by atoms with Gasteiger partial charge in [-0.2, -0.15) is 0 Å². The number of benzene rings is 2. The number of anilines is 1. The molecule has 0 bridgehead atoms. The number of ether oxygens (including phenoxy) is 4. The number of aryl methyl sites for hydroxylation is 1. The van der Waals surface area contributed by atoms with Crippen molar-refractivity contribution in [2.24, 2.45) is 0 Å². The monoisotopic (exact) mass is 523 g/mol. The zero-order valence-corrected chi connectivity index (χ0v) is 21.7. The Kier molecular flexibility index (Phi) is 6.24. The molecular weight excluding hydrogens is 498 g/mol. The SMILES string of the molecule is COc1cc([C@@H]2/C(=C(\O)c3ccc4c(c3)C[C@H](C)O4)C(=O)C(=O)N2c2nnc(C)s2)cc(OC)c1OC. The number of aliphatic hydroxyl groups is 1. The van der Waals surface area contributed by atoms with Crippen molar-refractivity contribution in [3.63, 3.8) is 0 Å². The van der Waals surface area contributed by atoms with E-state index in [9.17, 15) is 14.7 Å². The summed E-state index contributed by atoms with van der Waals surface area (Å²) in [4.78, 5) is 28.1. The summed E-state index contributed by atoms with van der Waals surface area (Å²) in [7, 11) is 4.42. The number of nitrogens with zero attached hydrogens (tertiary/aromatic N) is 3. The lowest BCUT2D eigenvalue weighted by atomic mass is 9.94. The van der Waals surface area contributed by atoms with Crippen LogP contribution in [0.1, 0.15) is 34.7 Å². The maximum atomic E-state index is 13.4. The first kappa shape index (κ1) is 24.6. The van der Waals surface area contributed by atoms with E-state index in [1.807, 2.05) is 6.92 Å². The molecule has 0 unspecified atom stereocenters. The van der Waals surface area contributed by atoms with Crippen LogP contribution in [0.15, 0.2) is 35.9 Å². The Bertz CT molecular complexity index is 1420. The van der Waals surface area contributed by atoms with Crippen molar-refractivity contribution >= 4 is 33.9 Å². The molecule has 1 saturated heterocycles. The minimum Gasteiger partial charge on any atom is -0.507 e. The quantitative estimate of drug-likeness (QED) is 0.292. The number of ketones is 1. The molecule has 0 aliphatic carbocycles. The molecule has 10 nitrogen and oxygen atoms in total. The van der Waals surface area contributed by atoms with Crippen LogP contribution in [0, 0.1) is 6.92 Å². The molecule has 5 rings (SSSR count). The Morgan fingerprint density at radius 3 is 2.38 bits per heavy atom. The van der Waals surface area contributed by atoms with Crippen molar-refractivity contribution in [2.75, 3.05) is 26.2 Å². The van der Waals surface area contributed by atoms with Gasteiger partial charge in [-0.05, 0) is 55.3 Å². The van der Waals surface area contributed by atoms with Crippen LogP contribution >= 0.6 is 11.3 Å². The normalized spacial score (nSPS) is 20.1. The van der Waals surface area contributed by atoms with Gasteiger partial charge in [0.2, 0.25) is 10.9 Å². The fourth-order valence-corrected chi connectivity index (χ4v) is 5.43. The summed E-state index contributed by atoms with van der Waals surface area (Å²) in [6.07, 6.45) is 0.684. The minimum atomic E-state index is -1.02. The zero-order valence-electron chi connectivity index (χ0n) is 20.9. The van der Waals surface area contributed by atoms with Gasteiger partial charge in [-0.15, -0.1) is 10.2 Å². The number of amides is 1. The molecule has 1 amide bonds. The third-order valence-corrected chi connectivity index (χ3v) is 7.18. The van der Waals surface area contributed by atoms with Crippen molar-refractivity contribution in [1.29, 1.82) is 0 Å². The summed E-state index contributed by atoms with van der Waals surface area (Å²) in [5.74, 6) is -0.216. The van der Waals surface area contributed by atoms with Crippen molar-refractivity contribution < 1.29 is 33.6 Å². The minimum absolute atomic E-state index is 0.0119. The summed E-state index contributed by atoms with van der Waals surface area (Å²) >= 11 is 1.17. The predicted molar refractivity (Wildman–Crippen MR) is 136 cm³/mol. The molecule has 192 valence electrons. The molecule has 37 heavy (non-hydrogen) atoms. The molecule has 0 spiro atoms. The number of carbonyl (C=O) groups is 2. The zero-order chi connectivity index (χ0) is 26.4. The molecule has 0 saturated carbocycles. The third kappa shape index (κ3) is 4.05. The Morgan fingerprint density at radius 2 is 1.78 bits per heavy atom. The van der Waals surface area contributed by atoms with Crippen molar-refractivity contribution in [3.8, 4) is 23.0 Å². The van der Waals surface area contributed by atoms with Gasteiger partial charge in [-0.3, -0.25) is 14.5 Å². The van der Waals surface area contributed by atoms with Crippen LogP contribution in [0.4, 0.5) is 5.13 Å². The van der Waals surface area contributed by atoms with E-state index < -0.39 is 17.7 Å². The largest absolute Gasteiger partial charge is 0.507 e. The molecule has 11 heteroatoms. The summed E-state index contributed by atoms with van der Waals surface area (Å²) in [6.45, 7) is 3.71. The topological polar surface area (TPSA) is 120 Å². The van der Waals surface area contributed by atoms with E-state index in [0.29, 0.717) is 39.8 Å². The Hall–Kier alpha value is -4.12. The fraction of sp³-hybridized carbons (Fsp3) is 0.308. The standard InChI is InChI=1S/C26H25N3O7S/c1-12-8-15-9-14(6-7-17(15)36-12)22(30)20-21(16-10-18(33-3)24(35-5)19(11-16)34-4)29(25(32)23(20)31)26-28-27-13(2)37-26/h6-7,9-12,21,30H,8H2,1-5H3/b22-20+/t12-,21+/m0/s1. The highest BCUT2D eigenvalue weighted by molar-refractivity contribution is 7.15. The lowest BCUT2D eigenvalue weighted by molar-refractivity contribution is -0.132. The van der Waals surface area contributed by atoms with Crippen molar-refractivity contribution in [3.05, 3.63) is 57.6 Å². The van der Waals surface area contributed by atoms with E-state index in [4.69, 9.17) is 18.9 Å². The molecule has 1 fully saturated rings. The van der Waals surface area contributed by atoms with Gasteiger partial charge in [0.05, 0.1) is 32.9 Å². The van der Waals surface area contributed by atoms with Gasteiger partial charge in [0.1, 0.15) is 22.6 Å². The Balaban J connectivity index is 1.74. The van der Waals surface area contributed by atoms with Crippen molar-refractivity contribution in [1.82, 2.24) is 10.2 Å². The highest BCUT2D eigenvalue weighted by Gasteiger charge is 2.49. The van der Waals surface area contributed by atoms with E-state index in [1.54, 1.807) is 37.3 Å². The first-order valence-corrected chi connectivity index (χ1v) is 12.3. The molecule has 2 atom stereocenters. The van der Waals surface area contributed by atoms with Crippen molar-refractivity contribution in [2.45, 2.75) is 32.4 Å². The average molecular weight is 524 g/mol. The van der Waals surface area contributed by atoms with Gasteiger partial charge in [0, 0.05) is 12.0 Å². The number of hydrogen-bond acceptors (Lipinski definition) is 10. The second-order valence-corrected chi connectivity index (χ2v) is 9.85. The molecule has 1 N–H and O–H groups in total. The lowest BCUT2D eigenvalue weighted by Crippen LogP contribution is -2.29. The summed E-state index contributed by atoms with van der Waals surface area (Å²) in [6, 6.07) is 7.47. The van der Waals surface area contributed by atoms with E-state index >= 15 is 0 Å². The fourth-order valence-electron chi connectivity index (χ4n) is 4.71. The van der Waals surface area contributed by atoms with E-state index in [-0.39, 0.29) is 22.6 Å². The second-order valence-electron chi connectivity index (χ2n) is 8.69. The maximum Gasteiger partial charge on any atom is 0.301 e. The molecule has 3 heterocycles. The van der Waals surface area contributed by atoms with E-state index in [1.165, 1.54) is 37.6 Å². The number of Topliss-reactive ketones (excluding diaryl/α,β-unsaturated/α-hetero) is 1. The van der Waals surface area contributed by atoms with Gasteiger partial charge >= 0.3 is 5.91 Å². The number of carbonyl (C=O) groups excluding carboxylic acids is 2. The number of aromatic nitrogens is 2. The number of hydrogen-bond donors (Lipinski definition) is 1. The molecule has 1 aromatic heterocycles. The van der Waals surface area contributed by atoms with E-state index in [0.717, 1.165) is 11.3 Å². The van der Waals surface area contributed by atoms with Gasteiger partial charge in [-0.1, -0.05) is 11.3 Å². The smallest absolute Gasteiger partial charge is 0.301 e. The van der Waals surface area contributed by atoms with Crippen LogP contribution in [0.25, 0.3) is 5.76 Å². The highest BCUT2D eigenvalue weighted by Crippen LogP contribution is 2.47. The maximum absolute atomic E-state index is 13.4. The number of aliphatic hydroxyl groups excluding tert-OH is 1. The van der Waals surface area contributed by atoms with E-state index in [2.05, 4.69) is 10.2 Å². The Labute approximate surface area is 217 Å². The van der Waals surface area contributed by atoms with Gasteiger partial charge in [-0.25, -0.2) is 0 Å². The first-order chi connectivity index (χ1) is 17.8. The lowest BCUT2D eigenvalue weighted by Gasteiger charge is -2.24. The highest BCUT2D eigenvalue weighted by atomic mass is 32.1. The van der Waals surface area contributed by atoms with Crippen LogP contribution in [0.2, 0.25) is 0 Å². The number of methoxy groups -OCH3 is 3. The molecule has 0 radical (unpaired) electrons. The first-order valence-electron chi connectivity index (χ1n) is 11.5. The van der Waals surface area contributed by atoms with Gasteiger partial charge in [0.25, 0.3) is 5.78 Å². The van der Waals surface area contributed by atoms with Crippen LogP contribution in [0.3, 0.4) is 0 Å². The van der Waals surface area contributed by atoms with Gasteiger partial charge in [0.15, 0.2) is 11.5 Å². The summed E-state index contributed by atoms with van der Waals surface area (Å²) in [5.41, 5.74) is 1.69. The molecule has 2 aliphatic heterocycles. The average Bonchev–Trinajstić information content (AvgIpc) is 3.56. The number of rotatable bonds is 6. The van der Waals surface area contributed by atoms with Gasteiger partial charge < -0.3 is 24.1 Å². The summed E-state index contributed by atoms with van der Waals surface area (Å²) < 4.78 is 22.2. The third-order valence-electron chi connectivity index (χ3n) is 6.34. The second kappa shape index (κ2) is 9.40. The molecule has 2 aliphatic rings. The number of fused-ring (bicyclic) bond motifs is 1. The Morgan fingerprint density at radius 1 is 1.08 bits per heavy atom. The summed E-state index contributed by atoms with van der Waals surface area (Å²) in [5, 5.41) is 20.5. The predicted octanol–water partition coefficient (Wildman–Crippen LogP) is 3.82. The molecule has 2 aromatic carbocycles. The molecule has 3 aromatic rings.